The molecule has 100 valence electrons. The molecule has 0 saturated carbocycles. The Morgan fingerprint density at radius 3 is 2.61 bits per heavy atom. The van der Waals surface area contributed by atoms with E-state index in [0.717, 1.165) is 19.6 Å². The fourth-order valence-electron chi connectivity index (χ4n) is 2.60. The Morgan fingerprint density at radius 2 is 2.00 bits per heavy atom. The van der Waals surface area contributed by atoms with Gasteiger partial charge in [-0.05, 0) is 37.6 Å². The van der Waals surface area contributed by atoms with Crippen LogP contribution in [0.5, 0.6) is 0 Å². The molecule has 0 aliphatic carbocycles. The average molecular weight is 247 g/mol. The van der Waals surface area contributed by atoms with Gasteiger partial charge in [-0.25, -0.2) is 0 Å². The summed E-state index contributed by atoms with van der Waals surface area (Å²) in [6.45, 7) is 5.59. The van der Waals surface area contributed by atoms with Crippen molar-refractivity contribution in [2.45, 2.75) is 25.8 Å². The molecule has 1 aromatic rings. The molecule has 0 aromatic heterocycles. The maximum Gasteiger partial charge on any atom is 0.0386 e. The van der Waals surface area contributed by atoms with E-state index in [1.54, 1.807) is 0 Å². The predicted molar refractivity (Wildman–Crippen MR) is 79.7 cm³/mol. The summed E-state index contributed by atoms with van der Waals surface area (Å²) in [5, 5.41) is 3.55. The largest absolute Gasteiger partial charge is 0.378 e. The molecule has 0 spiro atoms. The van der Waals surface area contributed by atoms with Crippen LogP contribution in [0, 0.1) is 0 Å². The molecule has 0 bridgehead atoms. The lowest BCUT2D eigenvalue weighted by Gasteiger charge is -2.34. The van der Waals surface area contributed by atoms with Gasteiger partial charge in [-0.1, -0.05) is 13.0 Å². The minimum absolute atomic E-state index is 0.711. The van der Waals surface area contributed by atoms with Crippen LogP contribution in [0.25, 0.3) is 0 Å². The van der Waals surface area contributed by atoms with Crippen LogP contribution in [0.2, 0.25) is 0 Å². The molecule has 1 fully saturated rings. The third-order valence-electron chi connectivity index (χ3n) is 3.70. The monoisotopic (exact) mass is 247 g/mol. The Kier molecular flexibility index (Phi) is 4.48. The Labute approximate surface area is 111 Å². The molecular formula is C15H25N3. The molecule has 1 aliphatic heterocycles. The third-order valence-corrected chi connectivity index (χ3v) is 3.70. The highest BCUT2D eigenvalue weighted by Gasteiger charge is 2.18. The number of piperidine rings is 1. The lowest BCUT2D eigenvalue weighted by molar-refractivity contribution is 0.424. The van der Waals surface area contributed by atoms with Gasteiger partial charge in [-0.15, -0.1) is 0 Å². The summed E-state index contributed by atoms with van der Waals surface area (Å²) in [6.07, 6.45) is 2.50. The number of anilines is 2. The van der Waals surface area contributed by atoms with E-state index >= 15 is 0 Å². The fourth-order valence-corrected chi connectivity index (χ4v) is 2.60. The van der Waals surface area contributed by atoms with Crippen molar-refractivity contribution < 1.29 is 0 Å². The van der Waals surface area contributed by atoms with E-state index in [0.29, 0.717) is 6.04 Å². The van der Waals surface area contributed by atoms with Gasteiger partial charge in [0.05, 0.1) is 0 Å². The zero-order valence-electron chi connectivity index (χ0n) is 11.8. The lowest BCUT2D eigenvalue weighted by Crippen LogP contribution is -2.42. The van der Waals surface area contributed by atoms with E-state index in [4.69, 9.17) is 0 Å². The van der Waals surface area contributed by atoms with E-state index in [2.05, 4.69) is 60.4 Å². The van der Waals surface area contributed by atoms with Gasteiger partial charge < -0.3 is 15.1 Å². The summed E-state index contributed by atoms with van der Waals surface area (Å²) in [5.41, 5.74) is 2.64. The summed E-state index contributed by atoms with van der Waals surface area (Å²) < 4.78 is 0. The number of nitrogens with one attached hydrogen (secondary N) is 1. The number of rotatable bonds is 4. The summed E-state index contributed by atoms with van der Waals surface area (Å²) in [5.74, 6) is 0. The second-order valence-corrected chi connectivity index (χ2v) is 5.23. The number of hydrogen-bond acceptors (Lipinski definition) is 3. The van der Waals surface area contributed by atoms with Gasteiger partial charge in [0.15, 0.2) is 0 Å². The molecule has 3 nitrogen and oxygen atoms in total. The number of hydrogen-bond donors (Lipinski definition) is 1. The van der Waals surface area contributed by atoms with Crippen LogP contribution >= 0.6 is 0 Å². The SMILES string of the molecule is CCNC1CCN(c2cccc(N(C)C)c2)CC1. The Hall–Kier alpha value is -1.22. The number of nitrogens with zero attached hydrogens (tertiary/aromatic N) is 2. The van der Waals surface area contributed by atoms with E-state index in [-0.39, 0.29) is 0 Å². The van der Waals surface area contributed by atoms with Gasteiger partial charge >= 0.3 is 0 Å². The second-order valence-electron chi connectivity index (χ2n) is 5.23. The first-order valence-corrected chi connectivity index (χ1v) is 6.96. The third kappa shape index (κ3) is 3.16. The minimum atomic E-state index is 0.711. The topological polar surface area (TPSA) is 18.5 Å². The molecule has 2 rings (SSSR count). The van der Waals surface area contributed by atoms with Gasteiger partial charge in [0.25, 0.3) is 0 Å². The zero-order valence-corrected chi connectivity index (χ0v) is 11.8. The zero-order chi connectivity index (χ0) is 13.0. The fraction of sp³-hybridized carbons (Fsp3) is 0.600. The first-order valence-electron chi connectivity index (χ1n) is 6.96. The van der Waals surface area contributed by atoms with E-state index in [1.165, 1.54) is 24.2 Å². The lowest BCUT2D eigenvalue weighted by atomic mass is 10.0. The quantitative estimate of drug-likeness (QED) is 0.881. The van der Waals surface area contributed by atoms with Crippen LogP contribution in [0.3, 0.4) is 0 Å². The smallest absolute Gasteiger partial charge is 0.0386 e. The van der Waals surface area contributed by atoms with Gasteiger partial charge in [-0.2, -0.15) is 0 Å². The highest BCUT2D eigenvalue weighted by Crippen LogP contribution is 2.24. The summed E-state index contributed by atoms with van der Waals surface area (Å²) >= 11 is 0. The van der Waals surface area contributed by atoms with E-state index in [1.807, 2.05) is 0 Å². The molecular weight excluding hydrogens is 222 g/mol. The van der Waals surface area contributed by atoms with Crippen LogP contribution in [0.4, 0.5) is 11.4 Å². The van der Waals surface area contributed by atoms with Crippen molar-refractivity contribution in [2.24, 2.45) is 0 Å². The van der Waals surface area contributed by atoms with Crippen molar-refractivity contribution in [2.75, 3.05) is 43.5 Å². The Balaban J connectivity index is 1.98. The number of benzene rings is 1. The molecule has 1 saturated heterocycles. The first kappa shape index (κ1) is 13.2. The molecule has 18 heavy (non-hydrogen) atoms. The van der Waals surface area contributed by atoms with Gasteiger partial charge in [0, 0.05) is 44.6 Å². The van der Waals surface area contributed by atoms with Crippen molar-refractivity contribution in [3.05, 3.63) is 24.3 Å². The van der Waals surface area contributed by atoms with Crippen LogP contribution in [0.15, 0.2) is 24.3 Å². The summed E-state index contributed by atoms with van der Waals surface area (Å²) in [6, 6.07) is 9.53. The van der Waals surface area contributed by atoms with Crippen LogP contribution in [-0.4, -0.2) is 39.8 Å². The first-order chi connectivity index (χ1) is 8.70. The standard InChI is InChI=1S/C15H25N3/c1-4-16-13-8-10-18(11-9-13)15-7-5-6-14(12-15)17(2)3/h5-7,12-13,16H,4,8-11H2,1-3H3. The molecule has 1 N–H and O–H groups in total. The van der Waals surface area contributed by atoms with Crippen LogP contribution < -0.4 is 15.1 Å². The highest BCUT2D eigenvalue weighted by atomic mass is 15.2. The molecule has 0 amide bonds. The predicted octanol–water partition coefficient (Wildman–Crippen LogP) is 2.33. The Bertz CT molecular complexity index is 368. The maximum absolute atomic E-state index is 3.55. The van der Waals surface area contributed by atoms with Crippen molar-refractivity contribution >= 4 is 11.4 Å². The molecule has 1 aliphatic rings. The maximum atomic E-state index is 3.55. The summed E-state index contributed by atoms with van der Waals surface area (Å²) in [4.78, 5) is 4.66. The summed E-state index contributed by atoms with van der Waals surface area (Å²) in [7, 11) is 4.19. The van der Waals surface area contributed by atoms with Gasteiger partial charge in [0.2, 0.25) is 0 Å². The Morgan fingerprint density at radius 1 is 1.28 bits per heavy atom. The van der Waals surface area contributed by atoms with Gasteiger partial charge in [-0.3, -0.25) is 0 Å². The molecule has 0 unspecified atom stereocenters. The highest BCUT2D eigenvalue weighted by molar-refractivity contribution is 5.59. The molecule has 1 heterocycles. The van der Waals surface area contributed by atoms with Crippen molar-refractivity contribution in [1.29, 1.82) is 0 Å². The normalized spacial score (nSPS) is 16.9. The molecule has 0 atom stereocenters. The van der Waals surface area contributed by atoms with Crippen molar-refractivity contribution in [1.82, 2.24) is 5.32 Å². The van der Waals surface area contributed by atoms with E-state index in [9.17, 15) is 0 Å². The molecule has 0 radical (unpaired) electrons. The second kappa shape index (κ2) is 6.10. The molecule has 1 aromatic carbocycles. The van der Waals surface area contributed by atoms with Crippen molar-refractivity contribution in [3.63, 3.8) is 0 Å². The van der Waals surface area contributed by atoms with Crippen LogP contribution in [-0.2, 0) is 0 Å². The van der Waals surface area contributed by atoms with Crippen LogP contribution in [0.1, 0.15) is 19.8 Å². The molecule has 3 heteroatoms. The van der Waals surface area contributed by atoms with Gasteiger partial charge in [0.1, 0.15) is 0 Å². The van der Waals surface area contributed by atoms with Crippen molar-refractivity contribution in [3.8, 4) is 0 Å². The van der Waals surface area contributed by atoms with E-state index < -0.39 is 0 Å². The minimum Gasteiger partial charge on any atom is -0.378 e. The average Bonchev–Trinajstić information content (AvgIpc) is 2.40.